The van der Waals surface area contributed by atoms with Crippen molar-refractivity contribution in [2.45, 2.75) is 26.3 Å². The third-order valence-electron chi connectivity index (χ3n) is 6.84. The van der Waals surface area contributed by atoms with Gasteiger partial charge < -0.3 is 14.3 Å². The fraction of sp³-hybridized carbons (Fsp3) is 0.423. The molecule has 2 aliphatic rings. The molecule has 3 aromatic rings. The Kier molecular flexibility index (Phi) is 6.39. The van der Waals surface area contributed by atoms with Gasteiger partial charge in [0, 0.05) is 43.3 Å². The molecule has 3 heterocycles. The van der Waals surface area contributed by atoms with Crippen LogP contribution in [0.3, 0.4) is 0 Å². The molecule has 0 unspecified atom stereocenters. The average molecular weight is 446 g/mol. The summed E-state index contributed by atoms with van der Waals surface area (Å²) in [5, 5.41) is 4.11. The first-order valence-electron chi connectivity index (χ1n) is 11.9. The Morgan fingerprint density at radius 1 is 0.939 bits per heavy atom. The third kappa shape index (κ3) is 4.93. The average Bonchev–Trinajstić information content (AvgIpc) is 3.34. The number of carbonyl (C=O) groups is 1. The molecule has 5 rings (SSSR count). The van der Waals surface area contributed by atoms with E-state index in [1.54, 1.807) is 0 Å². The number of piperidine rings is 1. The monoisotopic (exact) mass is 445 g/mol. The van der Waals surface area contributed by atoms with Gasteiger partial charge in [0.25, 0.3) is 0 Å². The van der Waals surface area contributed by atoms with Gasteiger partial charge in [0.05, 0.1) is 6.54 Å². The van der Waals surface area contributed by atoms with Gasteiger partial charge in [-0.25, -0.2) is 0 Å². The molecule has 172 valence electrons. The van der Waals surface area contributed by atoms with Crippen molar-refractivity contribution in [2.75, 3.05) is 44.2 Å². The summed E-state index contributed by atoms with van der Waals surface area (Å²) in [6, 6.07) is 18.4. The van der Waals surface area contributed by atoms with E-state index in [2.05, 4.69) is 56.0 Å². The number of piperazine rings is 1. The third-order valence-corrected chi connectivity index (χ3v) is 6.84. The Hall–Kier alpha value is -3.19. The number of hydrogen-bond acceptors (Lipinski definition) is 6. The van der Waals surface area contributed by atoms with Crippen molar-refractivity contribution in [1.82, 2.24) is 19.9 Å². The number of carbonyl (C=O) groups excluding carboxylic acids is 1. The van der Waals surface area contributed by atoms with E-state index in [0.717, 1.165) is 57.7 Å². The molecule has 2 saturated heterocycles. The summed E-state index contributed by atoms with van der Waals surface area (Å²) in [7, 11) is 0. The molecular formula is C26H31N5O2. The van der Waals surface area contributed by atoms with Crippen LogP contribution in [0, 0.1) is 12.8 Å². The van der Waals surface area contributed by atoms with E-state index >= 15 is 0 Å². The molecule has 7 nitrogen and oxygen atoms in total. The zero-order chi connectivity index (χ0) is 22.6. The number of anilines is 1. The van der Waals surface area contributed by atoms with Crippen LogP contribution in [0.25, 0.3) is 11.4 Å². The predicted octanol–water partition coefficient (Wildman–Crippen LogP) is 3.61. The van der Waals surface area contributed by atoms with E-state index in [1.807, 2.05) is 30.3 Å². The zero-order valence-corrected chi connectivity index (χ0v) is 19.2. The molecule has 33 heavy (non-hydrogen) atoms. The second-order valence-corrected chi connectivity index (χ2v) is 9.03. The van der Waals surface area contributed by atoms with Crippen molar-refractivity contribution in [3.63, 3.8) is 0 Å². The maximum atomic E-state index is 13.1. The molecule has 2 aliphatic heterocycles. The molecule has 0 aliphatic carbocycles. The van der Waals surface area contributed by atoms with Crippen LogP contribution in [0.4, 0.5) is 5.69 Å². The second kappa shape index (κ2) is 9.75. The van der Waals surface area contributed by atoms with Gasteiger partial charge in [-0.3, -0.25) is 9.69 Å². The minimum atomic E-state index is 0.119. The number of likely N-dealkylation sites (tertiary alicyclic amines) is 1. The summed E-state index contributed by atoms with van der Waals surface area (Å²) in [6.45, 7) is 7.94. The van der Waals surface area contributed by atoms with E-state index in [4.69, 9.17) is 4.52 Å². The van der Waals surface area contributed by atoms with Crippen LogP contribution >= 0.6 is 0 Å². The van der Waals surface area contributed by atoms with Crippen LogP contribution in [-0.4, -0.2) is 65.1 Å². The van der Waals surface area contributed by atoms with Crippen molar-refractivity contribution in [3.8, 4) is 11.4 Å². The van der Waals surface area contributed by atoms with Crippen LogP contribution < -0.4 is 4.90 Å². The maximum absolute atomic E-state index is 13.1. The number of nitrogens with zero attached hydrogens (tertiary/aromatic N) is 5. The summed E-state index contributed by atoms with van der Waals surface area (Å²) >= 11 is 0. The normalized spacial score (nSPS) is 18.0. The van der Waals surface area contributed by atoms with Gasteiger partial charge in [0.2, 0.25) is 17.6 Å². The number of amides is 1. The van der Waals surface area contributed by atoms with Crippen LogP contribution in [-0.2, 0) is 11.3 Å². The highest BCUT2D eigenvalue weighted by atomic mass is 16.5. The van der Waals surface area contributed by atoms with Crippen molar-refractivity contribution in [3.05, 3.63) is 66.1 Å². The number of aromatic nitrogens is 2. The highest BCUT2D eigenvalue weighted by molar-refractivity contribution is 5.79. The minimum absolute atomic E-state index is 0.119. The Morgan fingerprint density at radius 2 is 1.64 bits per heavy atom. The number of aryl methyl sites for hydroxylation is 1. The molecule has 0 bridgehead atoms. The van der Waals surface area contributed by atoms with Crippen molar-refractivity contribution in [1.29, 1.82) is 0 Å². The molecule has 7 heteroatoms. The molecule has 1 aromatic heterocycles. The minimum Gasteiger partial charge on any atom is -0.368 e. The molecule has 1 amide bonds. The number of para-hydroxylation sites is 1. The smallest absolute Gasteiger partial charge is 0.241 e. The lowest BCUT2D eigenvalue weighted by Crippen LogP contribution is -2.51. The Balaban J connectivity index is 1.09. The van der Waals surface area contributed by atoms with E-state index in [-0.39, 0.29) is 5.92 Å². The fourth-order valence-electron chi connectivity index (χ4n) is 4.90. The molecule has 0 saturated carbocycles. The number of rotatable bonds is 5. The molecule has 0 spiro atoms. The summed E-state index contributed by atoms with van der Waals surface area (Å²) < 4.78 is 5.46. The maximum Gasteiger partial charge on any atom is 0.241 e. The van der Waals surface area contributed by atoms with Crippen LogP contribution in [0.15, 0.2) is 59.1 Å². The van der Waals surface area contributed by atoms with Crippen molar-refractivity contribution >= 4 is 11.6 Å². The van der Waals surface area contributed by atoms with E-state index < -0.39 is 0 Å². The van der Waals surface area contributed by atoms with Crippen LogP contribution in [0.2, 0.25) is 0 Å². The standard InChI is InChI=1S/C26H31N5O2/c1-20-7-5-6-10-23(20)30-15-17-31(18-16-30)26(32)22-11-13-29(14-12-22)19-24-27-25(28-33-24)21-8-3-2-4-9-21/h2-10,22H,11-19H2,1H3. The number of hydrogen-bond donors (Lipinski definition) is 0. The Labute approximate surface area is 195 Å². The van der Waals surface area contributed by atoms with Gasteiger partial charge in [-0.05, 0) is 44.5 Å². The molecular weight excluding hydrogens is 414 g/mol. The largest absolute Gasteiger partial charge is 0.368 e. The molecule has 2 aromatic carbocycles. The first-order chi connectivity index (χ1) is 16.2. The lowest BCUT2D eigenvalue weighted by atomic mass is 9.95. The summed E-state index contributed by atoms with van der Waals surface area (Å²) in [4.78, 5) is 24.5. The SMILES string of the molecule is Cc1ccccc1N1CCN(C(=O)C2CCN(Cc3nc(-c4ccccc4)no3)CC2)CC1. The lowest BCUT2D eigenvalue weighted by Gasteiger charge is -2.39. The predicted molar refractivity (Wildman–Crippen MR) is 128 cm³/mol. The van der Waals surface area contributed by atoms with E-state index in [0.29, 0.717) is 24.2 Å². The second-order valence-electron chi connectivity index (χ2n) is 9.03. The highest BCUT2D eigenvalue weighted by Crippen LogP contribution is 2.25. The first-order valence-corrected chi connectivity index (χ1v) is 11.9. The molecule has 0 N–H and O–H groups in total. The van der Waals surface area contributed by atoms with Gasteiger partial charge in [0.15, 0.2) is 0 Å². The summed E-state index contributed by atoms with van der Waals surface area (Å²) in [5.41, 5.74) is 3.54. The zero-order valence-electron chi connectivity index (χ0n) is 19.2. The van der Waals surface area contributed by atoms with Gasteiger partial charge in [-0.15, -0.1) is 0 Å². The van der Waals surface area contributed by atoms with Crippen molar-refractivity contribution in [2.24, 2.45) is 5.92 Å². The topological polar surface area (TPSA) is 65.7 Å². The van der Waals surface area contributed by atoms with Gasteiger partial charge in [-0.2, -0.15) is 4.98 Å². The Bertz CT molecular complexity index is 1070. The molecule has 2 fully saturated rings. The van der Waals surface area contributed by atoms with Crippen LogP contribution in [0.1, 0.15) is 24.3 Å². The fourth-order valence-corrected chi connectivity index (χ4v) is 4.90. The molecule has 0 radical (unpaired) electrons. The van der Waals surface area contributed by atoms with Gasteiger partial charge >= 0.3 is 0 Å². The van der Waals surface area contributed by atoms with Gasteiger partial charge in [0.1, 0.15) is 0 Å². The van der Waals surface area contributed by atoms with Crippen molar-refractivity contribution < 1.29 is 9.32 Å². The van der Waals surface area contributed by atoms with Gasteiger partial charge in [-0.1, -0.05) is 53.7 Å². The summed E-state index contributed by atoms with van der Waals surface area (Å²) in [6.07, 6.45) is 1.77. The lowest BCUT2D eigenvalue weighted by molar-refractivity contribution is -0.137. The quantitative estimate of drug-likeness (QED) is 0.598. The van der Waals surface area contributed by atoms with E-state index in [9.17, 15) is 4.79 Å². The van der Waals surface area contributed by atoms with E-state index in [1.165, 1.54) is 11.3 Å². The Morgan fingerprint density at radius 3 is 2.36 bits per heavy atom. The van der Waals surface area contributed by atoms with Crippen LogP contribution in [0.5, 0.6) is 0 Å². The molecule has 0 atom stereocenters. The number of benzene rings is 2. The summed E-state index contributed by atoms with van der Waals surface area (Å²) in [5.74, 6) is 1.70. The first kappa shape index (κ1) is 21.6. The highest BCUT2D eigenvalue weighted by Gasteiger charge is 2.31.